The molecule has 0 amide bonds. The lowest BCUT2D eigenvalue weighted by Gasteiger charge is -2.14. The van der Waals surface area contributed by atoms with Gasteiger partial charge in [-0.25, -0.2) is 4.79 Å². The van der Waals surface area contributed by atoms with Crippen LogP contribution in [0, 0.1) is 0 Å². The first kappa shape index (κ1) is 24.3. The van der Waals surface area contributed by atoms with Gasteiger partial charge in [-0.15, -0.1) is 0 Å². The summed E-state index contributed by atoms with van der Waals surface area (Å²) in [5.41, 5.74) is -1.14. The van der Waals surface area contributed by atoms with E-state index in [0.29, 0.717) is 21.7 Å². The number of furan rings is 1. The van der Waals surface area contributed by atoms with E-state index in [1.54, 1.807) is 24.3 Å². The number of esters is 1. The zero-order valence-corrected chi connectivity index (χ0v) is 19.5. The summed E-state index contributed by atoms with van der Waals surface area (Å²) in [6.45, 7) is 0. The largest absolute Gasteiger partial charge is 0.497 e. The first-order valence-corrected chi connectivity index (χ1v) is 10.9. The predicted octanol–water partition coefficient (Wildman–Crippen LogP) is 7.23. The molecule has 0 aliphatic heterocycles. The number of benzene rings is 3. The maximum Gasteiger partial charge on any atom is 0.453 e. The number of carbonyl (C=O) groups is 1. The number of fused-ring (bicyclic) bond motifs is 2. The van der Waals surface area contributed by atoms with Gasteiger partial charge in [-0.05, 0) is 48.5 Å². The van der Waals surface area contributed by atoms with Crippen molar-refractivity contribution in [2.75, 3.05) is 7.11 Å². The quantitative estimate of drug-likeness (QED) is 0.175. The summed E-state index contributed by atoms with van der Waals surface area (Å²) in [5.74, 6) is -3.68. The summed E-state index contributed by atoms with van der Waals surface area (Å²) in [5, 5.41) is 0.777. The number of carbonyl (C=O) groups excluding carboxylic acids is 1. The molecular weight excluding hydrogens is 517 g/mol. The van der Waals surface area contributed by atoms with Gasteiger partial charge in [0.1, 0.15) is 28.4 Å². The second-order valence-electron chi connectivity index (χ2n) is 7.71. The van der Waals surface area contributed by atoms with Gasteiger partial charge < -0.3 is 23.0 Å². The first-order chi connectivity index (χ1) is 17.6. The molecule has 11 heteroatoms. The Kier molecular flexibility index (Phi) is 6.04. The first-order valence-electron chi connectivity index (χ1n) is 10.5. The van der Waals surface area contributed by atoms with Crippen molar-refractivity contribution in [3.05, 3.63) is 93.5 Å². The van der Waals surface area contributed by atoms with Crippen LogP contribution in [0.4, 0.5) is 13.2 Å². The highest BCUT2D eigenvalue weighted by atomic mass is 35.5. The number of ether oxygens (including phenoxy) is 3. The topological polar surface area (TPSA) is 88.1 Å². The van der Waals surface area contributed by atoms with E-state index < -0.39 is 34.7 Å². The summed E-state index contributed by atoms with van der Waals surface area (Å²) >= 11 is 5.93. The van der Waals surface area contributed by atoms with Crippen LogP contribution in [0.15, 0.2) is 80.4 Å². The minimum absolute atomic E-state index is 0.0610. The fraction of sp³-hybridized carbons (Fsp3) is 0.0769. The molecule has 0 fully saturated rings. The smallest absolute Gasteiger partial charge is 0.453 e. The van der Waals surface area contributed by atoms with Crippen LogP contribution in [0.5, 0.6) is 23.0 Å². The van der Waals surface area contributed by atoms with Gasteiger partial charge in [0.2, 0.25) is 16.9 Å². The Morgan fingerprint density at radius 2 is 1.68 bits per heavy atom. The molecule has 2 aromatic heterocycles. The third kappa shape index (κ3) is 4.83. The molecule has 188 valence electrons. The molecule has 3 aromatic carbocycles. The van der Waals surface area contributed by atoms with Crippen molar-refractivity contribution in [1.29, 1.82) is 0 Å². The Morgan fingerprint density at radius 1 is 0.892 bits per heavy atom. The lowest BCUT2D eigenvalue weighted by molar-refractivity contribution is -0.154. The van der Waals surface area contributed by atoms with E-state index in [1.165, 1.54) is 43.5 Å². The average Bonchev–Trinajstić information content (AvgIpc) is 3.28. The second kappa shape index (κ2) is 9.21. The maximum absolute atomic E-state index is 13.8. The summed E-state index contributed by atoms with van der Waals surface area (Å²) < 4.78 is 67.5. The number of hydrogen-bond donors (Lipinski definition) is 0. The van der Waals surface area contributed by atoms with Crippen molar-refractivity contribution < 1.29 is 41.0 Å². The third-order valence-corrected chi connectivity index (χ3v) is 5.47. The van der Waals surface area contributed by atoms with Crippen LogP contribution in [0.3, 0.4) is 0 Å². The molecule has 0 spiro atoms. The van der Waals surface area contributed by atoms with Crippen LogP contribution in [-0.4, -0.2) is 13.1 Å². The number of alkyl halides is 3. The van der Waals surface area contributed by atoms with E-state index >= 15 is 0 Å². The van der Waals surface area contributed by atoms with Gasteiger partial charge >= 0.3 is 12.1 Å². The molecule has 0 bridgehead atoms. The molecular formula is C26H14ClF3O7. The predicted molar refractivity (Wildman–Crippen MR) is 127 cm³/mol. The van der Waals surface area contributed by atoms with Gasteiger partial charge in [-0.1, -0.05) is 17.7 Å². The lowest BCUT2D eigenvalue weighted by Crippen LogP contribution is -2.15. The summed E-state index contributed by atoms with van der Waals surface area (Å²) in [7, 11) is 1.37. The van der Waals surface area contributed by atoms with Crippen molar-refractivity contribution in [2.24, 2.45) is 0 Å². The minimum Gasteiger partial charge on any atom is -0.497 e. The Bertz CT molecular complexity index is 1720. The van der Waals surface area contributed by atoms with Crippen LogP contribution in [-0.2, 0) is 6.18 Å². The molecule has 0 saturated heterocycles. The number of halogens is 4. The minimum atomic E-state index is -5.07. The molecule has 0 aliphatic rings. The molecule has 0 radical (unpaired) electrons. The van der Waals surface area contributed by atoms with E-state index in [9.17, 15) is 22.8 Å². The van der Waals surface area contributed by atoms with Gasteiger partial charge in [0, 0.05) is 22.5 Å². The molecule has 2 heterocycles. The average molecular weight is 531 g/mol. The van der Waals surface area contributed by atoms with Gasteiger partial charge in [0.05, 0.1) is 12.5 Å². The van der Waals surface area contributed by atoms with Crippen LogP contribution in [0.25, 0.3) is 21.9 Å². The molecule has 0 atom stereocenters. The highest BCUT2D eigenvalue weighted by molar-refractivity contribution is 6.31. The second-order valence-corrected chi connectivity index (χ2v) is 8.14. The standard InChI is InChI=1S/C26H14ClF3O7/c1-33-15-3-2-4-16(11-15)34-23-22(31)18-7-6-17(12-20(18)37-24(23)26(28,29)30)35-25(32)21-10-13-9-14(27)5-8-19(13)36-21/h2-12H,1H3. The molecule has 0 unspecified atom stereocenters. The zero-order valence-electron chi connectivity index (χ0n) is 18.7. The molecule has 37 heavy (non-hydrogen) atoms. The Balaban J connectivity index is 1.51. The van der Waals surface area contributed by atoms with Gasteiger partial charge in [-0.3, -0.25) is 4.79 Å². The van der Waals surface area contributed by atoms with E-state index in [2.05, 4.69) is 0 Å². The summed E-state index contributed by atoms with van der Waals surface area (Å²) in [4.78, 5) is 25.5. The van der Waals surface area contributed by atoms with E-state index in [0.717, 1.165) is 6.07 Å². The third-order valence-electron chi connectivity index (χ3n) is 5.23. The fourth-order valence-corrected chi connectivity index (χ4v) is 3.73. The Labute approximate surface area is 210 Å². The van der Waals surface area contributed by atoms with Crippen LogP contribution in [0.1, 0.15) is 16.3 Å². The van der Waals surface area contributed by atoms with Gasteiger partial charge in [-0.2, -0.15) is 13.2 Å². The van der Waals surface area contributed by atoms with Gasteiger partial charge in [0.15, 0.2) is 0 Å². The maximum atomic E-state index is 13.8. The number of rotatable bonds is 5. The molecule has 0 saturated carbocycles. The molecule has 0 N–H and O–H groups in total. The van der Waals surface area contributed by atoms with E-state index in [4.69, 9.17) is 34.6 Å². The van der Waals surface area contributed by atoms with Crippen LogP contribution < -0.4 is 19.6 Å². The molecule has 5 aromatic rings. The lowest BCUT2D eigenvalue weighted by atomic mass is 10.2. The van der Waals surface area contributed by atoms with Crippen LogP contribution in [0.2, 0.25) is 5.02 Å². The monoisotopic (exact) mass is 530 g/mol. The highest BCUT2D eigenvalue weighted by Crippen LogP contribution is 2.39. The van der Waals surface area contributed by atoms with Gasteiger partial charge in [0.25, 0.3) is 5.76 Å². The SMILES string of the molecule is COc1cccc(Oc2c(C(F)(F)F)oc3cc(OC(=O)c4cc5cc(Cl)ccc5o4)ccc3c2=O)c1. The van der Waals surface area contributed by atoms with E-state index in [1.807, 2.05) is 0 Å². The molecule has 5 rings (SSSR count). The zero-order chi connectivity index (χ0) is 26.3. The van der Waals surface area contributed by atoms with Crippen molar-refractivity contribution in [2.45, 2.75) is 6.18 Å². The molecule has 7 nitrogen and oxygen atoms in total. The molecule has 0 aliphatic carbocycles. The summed E-state index contributed by atoms with van der Waals surface area (Å²) in [6.07, 6.45) is -5.07. The fourth-order valence-electron chi connectivity index (χ4n) is 3.55. The van der Waals surface area contributed by atoms with Crippen LogP contribution >= 0.6 is 11.6 Å². The normalized spacial score (nSPS) is 11.6. The Hall–Kier alpha value is -4.44. The Morgan fingerprint density at radius 3 is 2.43 bits per heavy atom. The number of hydrogen-bond acceptors (Lipinski definition) is 7. The van der Waals surface area contributed by atoms with E-state index in [-0.39, 0.29) is 22.6 Å². The highest BCUT2D eigenvalue weighted by Gasteiger charge is 2.40. The van der Waals surface area contributed by atoms with Crippen molar-refractivity contribution >= 4 is 39.5 Å². The van der Waals surface area contributed by atoms with Crippen molar-refractivity contribution in [3.63, 3.8) is 0 Å². The van der Waals surface area contributed by atoms with Crippen molar-refractivity contribution in [1.82, 2.24) is 0 Å². The summed E-state index contributed by atoms with van der Waals surface area (Å²) in [6, 6.07) is 15.3. The van der Waals surface area contributed by atoms with Crippen molar-refractivity contribution in [3.8, 4) is 23.0 Å². The number of methoxy groups -OCH3 is 1.